The maximum Gasteiger partial charge on any atom is 0.286 e. The summed E-state index contributed by atoms with van der Waals surface area (Å²) in [6.07, 6.45) is 0. The molecule has 0 aliphatic heterocycles. The average molecular weight is 457 g/mol. The van der Waals surface area contributed by atoms with Gasteiger partial charge in [0.05, 0.1) is 42.7 Å². The Bertz CT molecular complexity index is 949. The lowest BCUT2D eigenvalue weighted by molar-refractivity contribution is 0.355. The zero-order valence-corrected chi connectivity index (χ0v) is 20.1. The van der Waals surface area contributed by atoms with E-state index in [-0.39, 0.29) is 0 Å². The molecule has 1 N–H and O–H groups in total. The third-order valence-corrected chi connectivity index (χ3v) is 8.84. The van der Waals surface area contributed by atoms with Gasteiger partial charge < -0.3 is 33.2 Å². The summed E-state index contributed by atoms with van der Waals surface area (Å²) < 4.78 is 32.7. The van der Waals surface area contributed by atoms with Crippen LogP contribution in [-0.2, 0) is 0 Å². The van der Waals surface area contributed by atoms with E-state index in [1.54, 1.807) is 79.1 Å². The van der Waals surface area contributed by atoms with Crippen molar-refractivity contribution in [1.82, 2.24) is 0 Å². The first kappa shape index (κ1) is 23.3. The SMILES string of the molecule is COc1ccc([Si](O)(c2ccc(OC)c(OC)c2)c2ccc(OC)c(OC)c2)cc1OC. The second kappa shape index (κ2) is 9.84. The van der Waals surface area contributed by atoms with E-state index < -0.39 is 8.32 Å². The van der Waals surface area contributed by atoms with Crippen LogP contribution in [-0.4, -0.2) is 55.8 Å². The van der Waals surface area contributed by atoms with E-state index in [4.69, 9.17) is 28.4 Å². The molecule has 0 aliphatic carbocycles. The summed E-state index contributed by atoms with van der Waals surface area (Å²) in [5.74, 6) is 3.30. The highest BCUT2D eigenvalue weighted by Gasteiger charge is 2.40. The standard InChI is InChI=1S/C24H28O7Si/c1-26-19-10-7-16(13-22(19)29-4)32(25,17-8-11-20(27-2)23(14-17)30-5)18-9-12-21(28-3)24(15-18)31-6/h7-15,25H,1-6H3. The summed E-state index contributed by atoms with van der Waals surface area (Å²) >= 11 is 0. The minimum Gasteiger partial charge on any atom is -0.493 e. The van der Waals surface area contributed by atoms with Crippen molar-refractivity contribution in [1.29, 1.82) is 0 Å². The van der Waals surface area contributed by atoms with Gasteiger partial charge in [0.2, 0.25) is 0 Å². The number of hydrogen-bond acceptors (Lipinski definition) is 7. The second-order valence-electron chi connectivity index (χ2n) is 6.92. The van der Waals surface area contributed by atoms with Crippen molar-refractivity contribution < 1.29 is 33.2 Å². The van der Waals surface area contributed by atoms with Crippen LogP contribution in [0.1, 0.15) is 0 Å². The molecule has 8 heteroatoms. The Morgan fingerprint density at radius 1 is 0.438 bits per heavy atom. The second-order valence-corrected chi connectivity index (χ2v) is 10.1. The third kappa shape index (κ3) is 4.06. The van der Waals surface area contributed by atoms with Gasteiger partial charge in [-0.3, -0.25) is 0 Å². The van der Waals surface area contributed by atoms with Crippen molar-refractivity contribution in [2.45, 2.75) is 0 Å². The summed E-state index contributed by atoms with van der Waals surface area (Å²) in [7, 11) is 5.88. The number of hydrogen-bond donors (Lipinski definition) is 1. The van der Waals surface area contributed by atoms with Crippen LogP contribution in [0.25, 0.3) is 0 Å². The zero-order chi connectivity index (χ0) is 23.3. The Morgan fingerprint density at radius 3 is 0.906 bits per heavy atom. The van der Waals surface area contributed by atoms with E-state index in [0.717, 1.165) is 0 Å². The van der Waals surface area contributed by atoms with Crippen molar-refractivity contribution in [3.05, 3.63) is 54.6 Å². The van der Waals surface area contributed by atoms with Crippen LogP contribution in [0.5, 0.6) is 34.5 Å². The largest absolute Gasteiger partial charge is 0.493 e. The number of methoxy groups -OCH3 is 6. The average Bonchev–Trinajstić information content (AvgIpc) is 2.86. The van der Waals surface area contributed by atoms with E-state index >= 15 is 0 Å². The minimum atomic E-state index is -3.53. The monoisotopic (exact) mass is 456 g/mol. The number of rotatable bonds is 9. The van der Waals surface area contributed by atoms with Crippen LogP contribution in [0.4, 0.5) is 0 Å². The molecule has 0 heterocycles. The Balaban J connectivity index is 2.32. The molecular formula is C24H28O7Si. The van der Waals surface area contributed by atoms with Gasteiger partial charge in [-0.1, -0.05) is 18.2 Å². The summed E-state index contributed by atoms with van der Waals surface area (Å²) in [4.78, 5) is 12.4. The van der Waals surface area contributed by atoms with Gasteiger partial charge in [0, 0.05) is 0 Å². The van der Waals surface area contributed by atoms with Crippen LogP contribution < -0.4 is 44.0 Å². The lowest BCUT2D eigenvalue weighted by Gasteiger charge is -2.28. The predicted octanol–water partition coefficient (Wildman–Crippen LogP) is 1.70. The summed E-state index contributed by atoms with van der Waals surface area (Å²) in [5.41, 5.74) is 0. The van der Waals surface area contributed by atoms with Crippen LogP contribution >= 0.6 is 0 Å². The highest BCUT2D eigenvalue weighted by Crippen LogP contribution is 2.29. The Labute approximate surface area is 189 Å². The van der Waals surface area contributed by atoms with E-state index in [2.05, 4.69) is 0 Å². The lowest BCUT2D eigenvalue weighted by Crippen LogP contribution is -2.67. The molecule has 0 spiro atoms. The van der Waals surface area contributed by atoms with E-state index in [1.807, 2.05) is 18.2 Å². The Morgan fingerprint density at radius 2 is 0.688 bits per heavy atom. The van der Waals surface area contributed by atoms with Crippen molar-refractivity contribution >= 4 is 23.9 Å². The quantitative estimate of drug-likeness (QED) is 0.388. The van der Waals surface area contributed by atoms with Gasteiger partial charge in [0.25, 0.3) is 8.32 Å². The molecule has 32 heavy (non-hydrogen) atoms. The molecule has 0 atom stereocenters. The molecule has 7 nitrogen and oxygen atoms in total. The predicted molar refractivity (Wildman–Crippen MR) is 126 cm³/mol. The van der Waals surface area contributed by atoms with E-state index in [1.165, 1.54) is 0 Å². The van der Waals surface area contributed by atoms with Gasteiger partial charge in [-0.2, -0.15) is 0 Å². The molecule has 0 fully saturated rings. The minimum absolute atomic E-state index is 0.525. The fourth-order valence-corrected chi connectivity index (χ4v) is 6.68. The molecular weight excluding hydrogens is 428 g/mol. The molecule has 3 aromatic rings. The third-order valence-electron chi connectivity index (χ3n) is 5.40. The molecule has 0 bridgehead atoms. The highest BCUT2D eigenvalue weighted by molar-refractivity contribution is 7.06. The Kier molecular flexibility index (Phi) is 7.17. The molecule has 3 aromatic carbocycles. The molecule has 0 aromatic heterocycles. The highest BCUT2D eigenvalue weighted by atomic mass is 28.4. The fraction of sp³-hybridized carbons (Fsp3) is 0.250. The fourth-order valence-electron chi connectivity index (χ4n) is 3.68. The summed E-state index contributed by atoms with van der Waals surface area (Å²) in [5, 5.41) is 2.11. The smallest absolute Gasteiger partial charge is 0.286 e. The van der Waals surface area contributed by atoms with Gasteiger partial charge >= 0.3 is 0 Å². The van der Waals surface area contributed by atoms with Gasteiger partial charge in [-0.15, -0.1) is 0 Å². The van der Waals surface area contributed by atoms with Crippen molar-refractivity contribution in [3.63, 3.8) is 0 Å². The summed E-state index contributed by atoms with van der Waals surface area (Å²) in [6, 6.07) is 16.3. The van der Waals surface area contributed by atoms with Gasteiger partial charge in [0.1, 0.15) is 0 Å². The molecule has 0 saturated carbocycles. The molecule has 0 aliphatic rings. The van der Waals surface area contributed by atoms with Crippen LogP contribution in [0.3, 0.4) is 0 Å². The lowest BCUT2D eigenvalue weighted by atomic mass is 10.3. The zero-order valence-electron chi connectivity index (χ0n) is 19.1. The van der Waals surface area contributed by atoms with E-state index in [9.17, 15) is 4.80 Å². The van der Waals surface area contributed by atoms with Crippen LogP contribution in [0, 0.1) is 0 Å². The van der Waals surface area contributed by atoms with Gasteiger partial charge in [-0.05, 0) is 52.0 Å². The van der Waals surface area contributed by atoms with Gasteiger partial charge in [-0.25, -0.2) is 0 Å². The molecule has 0 radical (unpaired) electrons. The molecule has 0 unspecified atom stereocenters. The normalized spacial score (nSPS) is 11.0. The van der Waals surface area contributed by atoms with Gasteiger partial charge in [0.15, 0.2) is 34.5 Å². The first-order valence-corrected chi connectivity index (χ1v) is 11.8. The van der Waals surface area contributed by atoms with Crippen molar-refractivity contribution in [2.75, 3.05) is 42.7 Å². The molecule has 0 amide bonds. The van der Waals surface area contributed by atoms with Crippen LogP contribution in [0.2, 0.25) is 0 Å². The first-order valence-electron chi connectivity index (χ1n) is 9.86. The van der Waals surface area contributed by atoms with Crippen molar-refractivity contribution in [2.24, 2.45) is 0 Å². The number of ether oxygens (including phenoxy) is 6. The van der Waals surface area contributed by atoms with Crippen molar-refractivity contribution in [3.8, 4) is 34.5 Å². The Hall–Kier alpha value is -3.36. The topological polar surface area (TPSA) is 75.6 Å². The molecule has 3 rings (SSSR count). The first-order chi connectivity index (χ1) is 15.5. The van der Waals surface area contributed by atoms with Crippen LogP contribution in [0.15, 0.2) is 54.6 Å². The molecule has 170 valence electrons. The molecule has 0 saturated heterocycles. The van der Waals surface area contributed by atoms with E-state index in [0.29, 0.717) is 50.1 Å². The number of benzene rings is 3. The maximum atomic E-state index is 12.4. The maximum absolute atomic E-state index is 12.4. The summed E-state index contributed by atoms with van der Waals surface area (Å²) in [6.45, 7) is 0.